The van der Waals surface area contributed by atoms with Crippen molar-refractivity contribution >= 4 is 11.9 Å². The molecule has 1 atom stereocenters. The van der Waals surface area contributed by atoms with Crippen molar-refractivity contribution in [1.29, 1.82) is 0 Å². The Kier molecular flexibility index (Phi) is 2.85. The van der Waals surface area contributed by atoms with Crippen molar-refractivity contribution < 1.29 is 19.8 Å². The molecule has 0 bridgehead atoms. The Morgan fingerprint density at radius 2 is 2.18 bits per heavy atom. The van der Waals surface area contributed by atoms with E-state index in [1.165, 1.54) is 4.90 Å². The first-order valence-corrected chi connectivity index (χ1v) is 5.38. The summed E-state index contributed by atoms with van der Waals surface area (Å²) in [7, 11) is 0. The van der Waals surface area contributed by atoms with E-state index in [1.54, 1.807) is 25.1 Å². The van der Waals surface area contributed by atoms with Crippen molar-refractivity contribution in [3.8, 4) is 0 Å². The summed E-state index contributed by atoms with van der Waals surface area (Å²) in [6.07, 6.45) is -1.07. The Hall–Kier alpha value is -1.88. The third kappa shape index (κ3) is 1.89. The zero-order chi connectivity index (χ0) is 12.6. The number of aliphatic carboxylic acids is 1. The van der Waals surface area contributed by atoms with Gasteiger partial charge in [0.2, 0.25) is 0 Å². The van der Waals surface area contributed by atoms with Gasteiger partial charge >= 0.3 is 5.97 Å². The van der Waals surface area contributed by atoms with E-state index >= 15 is 0 Å². The molecule has 5 heteroatoms. The number of carboxylic acid groups (broad SMARTS) is 1. The molecule has 0 saturated heterocycles. The molecule has 1 unspecified atom stereocenters. The van der Waals surface area contributed by atoms with Crippen LogP contribution < -0.4 is 0 Å². The second-order valence-corrected chi connectivity index (χ2v) is 3.96. The highest BCUT2D eigenvalue weighted by Gasteiger charge is 2.34. The number of aliphatic hydroxyl groups excluding tert-OH is 1. The third-order valence-corrected chi connectivity index (χ3v) is 2.88. The molecule has 0 fully saturated rings. The van der Waals surface area contributed by atoms with Gasteiger partial charge in [0.1, 0.15) is 0 Å². The fourth-order valence-corrected chi connectivity index (χ4v) is 2.06. The van der Waals surface area contributed by atoms with Crippen LogP contribution in [0.15, 0.2) is 18.2 Å². The van der Waals surface area contributed by atoms with E-state index in [2.05, 4.69) is 0 Å². The molecule has 1 amide bonds. The Balaban J connectivity index is 2.39. The average molecular weight is 235 g/mol. The van der Waals surface area contributed by atoms with Crippen molar-refractivity contribution in [3.05, 3.63) is 34.9 Å². The van der Waals surface area contributed by atoms with Gasteiger partial charge in [-0.05, 0) is 24.6 Å². The quantitative estimate of drug-likeness (QED) is 0.811. The highest BCUT2D eigenvalue weighted by Crippen LogP contribution is 2.31. The van der Waals surface area contributed by atoms with Gasteiger partial charge in [0.15, 0.2) is 6.23 Å². The minimum absolute atomic E-state index is 0.111. The molecule has 1 aromatic rings. The lowest BCUT2D eigenvalue weighted by Crippen LogP contribution is -2.27. The summed E-state index contributed by atoms with van der Waals surface area (Å²) < 4.78 is 0. The molecule has 1 heterocycles. The van der Waals surface area contributed by atoms with Crippen molar-refractivity contribution in [2.24, 2.45) is 0 Å². The van der Waals surface area contributed by atoms with Crippen molar-refractivity contribution in [3.63, 3.8) is 0 Å². The molecule has 5 nitrogen and oxygen atoms in total. The Morgan fingerprint density at radius 1 is 1.47 bits per heavy atom. The van der Waals surface area contributed by atoms with E-state index in [-0.39, 0.29) is 12.3 Å². The van der Waals surface area contributed by atoms with Crippen LogP contribution in [0.25, 0.3) is 0 Å². The van der Waals surface area contributed by atoms with Gasteiger partial charge in [-0.25, -0.2) is 0 Å². The molecule has 0 aromatic heterocycles. The molecule has 2 N–H and O–H groups in total. The maximum Gasteiger partial charge on any atom is 0.307 e. The van der Waals surface area contributed by atoms with Crippen LogP contribution in [0.1, 0.15) is 34.6 Å². The summed E-state index contributed by atoms with van der Waals surface area (Å²) >= 11 is 0. The Labute approximate surface area is 98.3 Å². The number of carbonyl (C=O) groups is 2. The summed E-state index contributed by atoms with van der Waals surface area (Å²) in [5.41, 5.74) is 1.53. The maximum absolute atomic E-state index is 11.8. The van der Waals surface area contributed by atoms with Crippen LogP contribution >= 0.6 is 0 Å². The lowest BCUT2D eigenvalue weighted by atomic mass is 10.0. The topological polar surface area (TPSA) is 77.8 Å². The minimum Gasteiger partial charge on any atom is -0.481 e. The summed E-state index contributed by atoms with van der Waals surface area (Å²) in [5, 5.41) is 18.6. The molecule has 90 valence electrons. The molecule has 0 radical (unpaired) electrons. The number of rotatable bonds is 3. The van der Waals surface area contributed by atoms with Crippen LogP contribution in [0.2, 0.25) is 0 Å². The number of aliphatic hydroxyl groups is 1. The normalized spacial score (nSPS) is 18.4. The van der Waals surface area contributed by atoms with Gasteiger partial charge in [0.25, 0.3) is 5.91 Å². The van der Waals surface area contributed by atoms with Crippen molar-refractivity contribution in [2.45, 2.75) is 19.6 Å². The molecule has 0 aliphatic carbocycles. The molecular weight excluding hydrogens is 222 g/mol. The maximum atomic E-state index is 11.8. The van der Waals surface area contributed by atoms with E-state index in [0.29, 0.717) is 23.2 Å². The van der Waals surface area contributed by atoms with Gasteiger partial charge in [-0.1, -0.05) is 6.07 Å². The first-order chi connectivity index (χ1) is 8.04. The fourth-order valence-electron chi connectivity index (χ4n) is 2.06. The molecule has 17 heavy (non-hydrogen) atoms. The standard InChI is InChI=1S/C12H13NO4/c1-2-13-11(16)8-4-3-7(6-10(14)15)5-9(8)12(13)17/h3-5,12,17H,2,6H2,1H3,(H,14,15). The van der Waals surface area contributed by atoms with Gasteiger partial charge < -0.3 is 15.1 Å². The highest BCUT2D eigenvalue weighted by atomic mass is 16.4. The minimum atomic E-state index is -0.962. The second-order valence-electron chi connectivity index (χ2n) is 3.96. The van der Waals surface area contributed by atoms with Crippen LogP contribution in [0.4, 0.5) is 0 Å². The zero-order valence-electron chi connectivity index (χ0n) is 9.38. The van der Waals surface area contributed by atoms with Gasteiger partial charge in [-0.2, -0.15) is 0 Å². The van der Waals surface area contributed by atoms with Gasteiger partial charge in [-0.15, -0.1) is 0 Å². The van der Waals surface area contributed by atoms with E-state index in [9.17, 15) is 14.7 Å². The Bertz CT molecular complexity index is 483. The van der Waals surface area contributed by atoms with Crippen LogP contribution in [0.3, 0.4) is 0 Å². The number of benzene rings is 1. The molecule has 1 aromatic carbocycles. The smallest absolute Gasteiger partial charge is 0.307 e. The summed E-state index contributed by atoms with van der Waals surface area (Å²) in [6, 6.07) is 4.77. The number of carbonyl (C=O) groups excluding carboxylic acids is 1. The number of carboxylic acids is 1. The van der Waals surface area contributed by atoms with E-state index in [0.717, 1.165) is 0 Å². The number of hydrogen-bond acceptors (Lipinski definition) is 3. The fraction of sp³-hybridized carbons (Fsp3) is 0.333. The lowest BCUT2D eigenvalue weighted by molar-refractivity contribution is -0.136. The number of amides is 1. The van der Waals surface area contributed by atoms with Crippen LogP contribution in [-0.2, 0) is 11.2 Å². The van der Waals surface area contributed by atoms with Gasteiger partial charge in [-0.3, -0.25) is 9.59 Å². The van der Waals surface area contributed by atoms with Crippen LogP contribution in [-0.4, -0.2) is 33.5 Å². The summed E-state index contributed by atoms with van der Waals surface area (Å²) in [5.74, 6) is -1.15. The van der Waals surface area contributed by atoms with Crippen LogP contribution in [0, 0.1) is 0 Å². The SMILES string of the molecule is CCN1C(=O)c2ccc(CC(=O)O)cc2C1O. The van der Waals surface area contributed by atoms with E-state index in [1.807, 2.05) is 0 Å². The largest absolute Gasteiger partial charge is 0.481 e. The lowest BCUT2D eigenvalue weighted by Gasteiger charge is -2.18. The van der Waals surface area contributed by atoms with E-state index < -0.39 is 12.2 Å². The monoisotopic (exact) mass is 235 g/mol. The average Bonchev–Trinajstić information content (AvgIpc) is 2.50. The molecule has 0 saturated carbocycles. The zero-order valence-corrected chi connectivity index (χ0v) is 9.38. The number of fused-ring (bicyclic) bond motifs is 1. The number of hydrogen-bond donors (Lipinski definition) is 2. The Morgan fingerprint density at radius 3 is 2.76 bits per heavy atom. The molecule has 2 rings (SSSR count). The number of nitrogens with zero attached hydrogens (tertiary/aromatic N) is 1. The molecule has 1 aliphatic heterocycles. The van der Waals surface area contributed by atoms with Gasteiger partial charge in [0, 0.05) is 17.7 Å². The summed E-state index contributed by atoms with van der Waals surface area (Å²) in [6.45, 7) is 2.20. The van der Waals surface area contributed by atoms with Crippen LogP contribution in [0.5, 0.6) is 0 Å². The van der Waals surface area contributed by atoms with Crippen molar-refractivity contribution in [1.82, 2.24) is 4.90 Å². The van der Waals surface area contributed by atoms with Crippen molar-refractivity contribution in [2.75, 3.05) is 6.54 Å². The predicted octanol–water partition coefficient (Wildman–Crippen LogP) is 0.780. The van der Waals surface area contributed by atoms with E-state index in [4.69, 9.17) is 5.11 Å². The second kappa shape index (κ2) is 4.18. The predicted molar refractivity (Wildman–Crippen MR) is 59.5 cm³/mol. The highest BCUT2D eigenvalue weighted by molar-refractivity contribution is 5.99. The molecule has 1 aliphatic rings. The first-order valence-electron chi connectivity index (χ1n) is 5.38. The van der Waals surface area contributed by atoms with Gasteiger partial charge in [0.05, 0.1) is 6.42 Å². The third-order valence-electron chi connectivity index (χ3n) is 2.88. The molecule has 0 spiro atoms. The summed E-state index contributed by atoms with van der Waals surface area (Å²) in [4.78, 5) is 23.8. The first kappa shape index (κ1) is 11.6. The molecular formula is C12H13NO4.